The van der Waals surface area contributed by atoms with Crippen molar-refractivity contribution in [3.05, 3.63) is 35.1 Å². The zero-order valence-corrected chi connectivity index (χ0v) is 14.1. The van der Waals surface area contributed by atoms with Crippen LogP contribution in [-0.4, -0.2) is 27.1 Å². The summed E-state index contributed by atoms with van der Waals surface area (Å²) >= 11 is 0. The van der Waals surface area contributed by atoms with Gasteiger partial charge in [0.2, 0.25) is 0 Å². The number of hydrogen-bond acceptors (Lipinski definition) is 4. The molecule has 0 radical (unpaired) electrons. The molecule has 23 heavy (non-hydrogen) atoms. The molecular formula is C19H22O4. The van der Waals surface area contributed by atoms with Crippen molar-refractivity contribution in [2.24, 2.45) is 0 Å². The summed E-state index contributed by atoms with van der Waals surface area (Å²) in [6, 6.07) is 5.45. The third kappa shape index (κ3) is 3.34. The van der Waals surface area contributed by atoms with E-state index in [-0.39, 0.29) is 5.78 Å². The number of hydrogen-bond donors (Lipinski definition) is 0. The largest absolute Gasteiger partial charge is 0.499 e. The van der Waals surface area contributed by atoms with Crippen LogP contribution in [0.25, 0.3) is 0 Å². The van der Waals surface area contributed by atoms with Gasteiger partial charge in [-0.1, -0.05) is 31.3 Å². The molecule has 1 aliphatic carbocycles. The average Bonchev–Trinajstić information content (AvgIpc) is 2.58. The molecule has 0 fully saturated rings. The molecule has 1 unspecified atom stereocenters. The van der Waals surface area contributed by atoms with E-state index in [9.17, 15) is 4.79 Å². The molecular weight excluding hydrogens is 292 g/mol. The van der Waals surface area contributed by atoms with Crippen molar-refractivity contribution in [1.82, 2.24) is 0 Å². The Morgan fingerprint density at radius 2 is 1.83 bits per heavy atom. The second-order valence-electron chi connectivity index (χ2n) is 5.26. The first kappa shape index (κ1) is 17.0. The smallest absolute Gasteiger partial charge is 0.189 e. The molecule has 0 spiro atoms. The quantitative estimate of drug-likeness (QED) is 0.596. The maximum absolute atomic E-state index is 12.4. The Labute approximate surface area is 137 Å². The molecule has 0 aliphatic heterocycles. The van der Waals surface area contributed by atoms with Gasteiger partial charge in [0.25, 0.3) is 0 Å². The monoisotopic (exact) mass is 314 g/mol. The first-order valence-electron chi connectivity index (χ1n) is 7.71. The molecule has 0 heterocycles. The van der Waals surface area contributed by atoms with Crippen molar-refractivity contribution >= 4 is 5.78 Å². The van der Waals surface area contributed by atoms with E-state index >= 15 is 0 Å². The fraction of sp³-hybridized carbons (Fsp3) is 0.421. The third-order valence-electron chi connectivity index (χ3n) is 3.85. The van der Waals surface area contributed by atoms with Gasteiger partial charge in [-0.25, -0.2) is 0 Å². The van der Waals surface area contributed by atoms with Crippen molar-refractivity contribution in [2.45, 2.75) is 32.1 Å². The van der Waals surface area contributed by atoms with Crippen LogP contribution in [0.3, 0.4) is 0 Å². The summed E-state index contributed by atoms with van der Waals surface area (Å²) in [6.07, 6.45) is 2.92. The maximum Gasteiger partial charge on any atom is 0.189 e. The van der Waals surface area contributed by atoms with Gasteiger partial charge in [0.05, 0.1) is 21.3 Å². The number of allylic oxidation sites excluding steroid dienone is 2. The van der Waals surface area contributed by atoms with Gasteiger partial charge in [-0.05, 0) is 24.1 Å². The Bertz CT molecular complexity index is 676. The number of Topliss-reactive ketones (excluding diaryl/α,β-unsaturated/α-hetero) is 1. The molecule has 0 bridgehead atoms. The molecule has 4 heteroatoms. The predicted molar refractivity (Wildman–Crippen MR) is 88.6 cm³/mol. The lowest BCUT2D eigenvalue weighted by Crippen LogP contribution is -2.29. The number of rotatable bonds is 6. The Kier molecular flexibility index (Phi) is 5.70. The number of ether oxygens (including phenoxy) is 3. The molecule has 4 nitrogen and oxygen atoms in total. The fourth-order valence-electron chi connectivity index (χ4n) is 2.55. The van der Waals surface area contributed by atoms with Gasteiger partial charge in [0.15, 0.2) is 17.3 Å². The minimum absolute atomic E-state index is 0.00179. The lowest BCUT2D eigenvalue weighted by atomic mass is 9.77. The van der Waals surface area contributed by atoms with Crippen molar-refractivity contribution in [3.63, 3.8) is 0 Å². The van der Waals surface area contributed by atoms with Gasteiger partial charge in [0.1, 0.15) is 17.3 Å². The van der Waals surface area contributed by atoms with Crippen LogP contribution in [-0.2, 0) is 9.53 Å². The molecule has 0 saturated carbocycles. The number of unbranched alkanes of at least 4 members (excludes halogenated alkanes) is 2. The Morgan fingerprint density at radius 3 is 2.43 bits per heavy atom. The van der Waals surface area contributed by atoms with Gasteiger partial charge in [-0.3, -0.25) is 4.79 Å². The summed E-state index contributed by atoms with van der Waals surface area (Å²) in [6.45, 7) is 2.11. The van der Waals surface area contributed by atoms with Crippen LogP contribution in [0.5, 0.6) is 11.5 Å². The molecule has 122 valence electrons. The average molecular weight is 314 g/mol. The highest BCUT2D eigenvalue weighted by Gasteiger charge is 2.41. The van der Waals surface area contributed by atoms with E-state index < -0.39 is 5.92 Å². The van der Waals surface area contributed by atoms with Crippen LogP contribution in [0, 0.1) is 11.8 Å². The van der Waals surface area contributed by atoms with Crippen LogP contribution in [0.15, 0.2) is 29.5 Å². The second kappa shape index (κ2) is 7.73. The van der Waals surface area contributed by atoms with Crippen LogP contribution in [0.4, 0.5) is 0 Å². The van der Waals surface area contributed by atoms with E-state index in [1.54, 1.807) is 27.4 Å². The van der Waals surface area contributed by atoms with E-state index in [0.29, 0.717) is 22.8 Å². The summed E-state index contributed by atoms with van der Waals surface area (Å²) in [7, 11) is 4.72. The Balaban J connectivity index is 2.28. The van der Waals surface area contributed by atoms with E-state index in [4.69, 9.17) is 14.2 Å². The number of benzene rings is 1. The van der Waals surface area contributed by atoms with E-state index in [1.165, 1.54) is 0 Å². The first-order chi connectivity index (χ1) is 11.2. The van der Waals surface area contributed by atoms with Crippen LogP contribution < -0.4 is 9.47 Å². The lowest BCUT2D eigenvalue weighted by molar-refractivity contribution is -0.119. The molecule has 0 saturated heterocycles. The van der Waals surface area contributed by atoms with Gasteiger partial charge in [-0.15, -0.1) is 0 Å². The normalized spacial score (nSPS) is 16.3. The number of carbonyl (C=O) groups is 1. The highest BCUT2D eigenvalue weighted by Crippen LogP contribution is 2.42. The zero-order chi connectivity index (χ0) is 16.8. The number of carbonyl (C=O) groups excluding carboxylic acids is 1. The van der Waals surface area contributed by atoms with E-state index in [2.05, 4.69) is 18.8 Å². The standard InChI is InChI=1S/C19H22O4/c1-5-6-7-8-9-14-18(20)17(19(14)23-4)13-10-11-15(21-2)16(12-13)22-3/h10-12,17H,5-7H2,1-4H3. The summed E-state index contributed by atoms with van der Waals surface area (Å²) in [5, 5.41) is 0. The topological polar surface area (TPSA) is 44.8 Å². The van der Waals surface area contributed by atoms with Gasteiger partial charge in [0, 0.05) is 6.42 Å². The van der Waals surface area contributed by atoms with Crippen LogP contribution in [0.1, 0.15) is 37.7 Å². The SMILES string of the molecule is CCCCC#CC1=C(OC)C(c2ccc(OC)c(OC)c2)C1=O. The lowest BCUT2D eigenvalue weighted by Gasteiger charge is -2.28. The summed E-state index contributed by atoms with van der Waals surface area (Å²) in [4.78, 5) is 12.4. The minimum atomic E-state index is -0.407. The highest BCUT2D eigenvalue weighted by atomic mass is 16.5. The Hall–Kier alpha value is -2.41. The van der Waals surface area contributed by atoms with Crippen molar-refractivity contribution in [1.29, 1.82) is 0 Å². The molecule has 0 N–H and O–H groups in total. The van der Waals surface area contributed by atoms with Gasteiger partial charge < -0.3 is 14.2 Å². The molecule has 1 aromatic carbocycles. The summed E-state index contributed by atoms with van der Waals surface area (Å²) in [5.74, 6) is 7.44. The fourth-order valence-corrected chi connectivity index (χ4v) is 2.55. The third-order valence-corrected chi connectivity index (χ3v) is 3.85. The van der Waals surface area contributed by atoms with Crippen molar-refractivity contribution in [2.75, 3.05) is 21.3 Å². The molecule has 1 aromatic rings. The van der Waals surface area contributed by atoms with Crippen LogP contribution in [0.2, 0.25) is 0 Å². The summed E-state index contributed by atoms with van der Waals surface area (Å²) < 4.78 is 15.9. The predicted octanol–water partition coefficient (Wildman–Crippen LogP) is 3.46. The maximum atomic E-state index is 12.4. The zero-order valence-electron chi connectivity index (χ0n) is 14.1. The minimum Gasteiger partial charge on any atom is -0.499 e. The van der Waals surface area contributed by atoms with E-state index in [0.717, 1.165) is 24.8 Å². The van der Waals surface area contributed by atoms with Crippen molar-refractivity contribution < 1.29 is 19.0 Å². The molecule has 0 aromatic heterocycles. The molecule has 1 atom stereocenters. The van der Waals surface area contributed by atoms with E-state index in [1.807, 2.05) is 12.1 Å². The van der Waals surface area contributed by atoms with Gasteiger partial charge >= 0.3 is 0 Å². The highest BCUT2D eigenvalue weighted by molar-refractivity contribution is 6.13. The van der Waals surface area contributed by atoms with Crippen molar-refractivity contribution in [3.8, 4) is 23.3 Å². The number of ketones is 1. The Morgan fingerprint density at radius 1 is 1.09 bits per heavy atom. The second-order valence-corrected chi connectivity index (χ2v) is 5.26. The first-order valence-corrected chi connectivity index (χ1v) is 7.71. The van der Waals surface area contributed by atoms with Crippen LogP contribution >= 0.6 is 0 Å². The molecule has 2 rings (SSSR count). The number of methoxy groups -OCH3 is 3. The summed E-state index contributed by atoms with van der Waals surface area (Å²) in [5.41, 5.74) is 1.31. The molecule has 1 aliphatic rings. The van der Waals surface area contributed by atoms with Gasteiger partial charge in [-0.2, -0.15) is 0 Å². The molecule has 0 amide bonds.